The van der Waals surface area contributed by atoms with Crippen LogP contribution in [0.15, 0.2) is 60.9 Å². The first-order chi connectivity index (χ1) is 19.1. The Bertz CT molecular complexity index is 1370. The molecule has 0 saturated carbocycles. The van der Waals surface area contributed by atoms with Crippen LogP contribution in [0.1, 0.15) is 53.1 Å². The first-order valence-electron chi connectivity index (χ1n) is 12.6. The molecular formula is C29H33F2N3O7. The van der Waals surface area contributed by atoms with Crippen LogP contribution in [0.4, 0.5) is 24.1 Å². The Morgan fingerprint density at radius 3 is 2.05 bits per heavy atom. The van der Waals surface area contributed by atoms with Gasteiger partial charge in [-0.2, -0.15) is 8.78 Å². The molecule has 10 nitrogen and oxygen atoms in total. The maximum absolute atomic E-state index is 13.7. The number of hydrogen-bond acceptors (Lipinski definition) is 9. The lowest BCUT2D eigenvalue weighted by molar-refractivity contribution is -0.143. The number of nitrogens with zero attached hydrogens (tertiary/aromatic N) is 3. The molecule has 0 N–H and O–H groups in total. The maximum atomic E-state index is 13.7. The molecule has 0 fully saturated rings. The van der Waals surface area contributed by atoms with Crippen molar-refractivity contribution in [2.75, 3.05) is 12.1 Å². The molecule has 12 heteroatoms. The molecule has 3 aromatic rings. The number of methoxy groups -OCH3 is 1. The van der Waals surface area contributed by atoms with Crippen molar-refractivity contribution in [3.63, 3.8) is 0 Å². The Kier molecular flexibility index (Phi) is 9.36. The number of aromatic nitrogens is 1. The third kappa shape index (κ3) is 8.26. The molecule has 3 rings (SSSR count). The minimum absolute atomic E-state index is 0.0712. The Labute approximate surface area is 236 Å². The van der Waals surface area contributed by atoms with Crippen LogP contribution in [0, 0.1) is 0 Å². The SMILES string of the molecule is COC(=O)C(c1cccc(OC(F)F)c1)N(c1ccc2cnccc2c1)N(C(=O)OC(C)(C)C)C(=O)OC(C)(C)C. The highest BCUT2D eigenvalue weighted by atomic mass is 19.3. The number of rotatable bonds is 7. The second-order valence-electron chi connectivity index (χ2n) is 10.9. The van der Waals surface area contributed by atoms with Crippen LogP contribution >= 0.6 is 0 Å². The first kappa shape index (κ1) is 31.1. The van der Waals surface area contributed by atoms with Crippen LogP contribution in [0.25, 0.3) is 10.8 Å². The molecule has 0 aliphatic heterocycles. The number of esters is 1. The van der Waals surface area contributed by atoms with Crippen molar-refractivity contribution in [2.45, 2.75) is 65.4 Å². The van der Waals surface area contributed by atoms with Crippen molar-refractivity contribution in [2.24, 2.45) is 0 Å². The highest BCUT2D eigenvalue weighted by Crippen LogP contribution is 2.35. The molecule has 2 amide bonds. The third-order valence-corrected chi connectivity index (χ3v) is 5.31. The fourth-order valence-corrected chi connectivity index (χ4v) is 3.80. The number of alkyl halides is 2. The van der Waals surface area contributed by atoms with Crippen LogP contribution in [0.5, 0.6) is 5.75 Å². The van der Waals surface area contributed by atoms with Crippen molar-refractivity contribution in [3.05, 3.63) is 66.5 Å². The molecule has 2 aromatic carbocycles. The van der Waals surface area contributed by atoms with E-state index in [0.29, 0.717) is 10.4 Å². The summed E-state index contributed by atoms with van der Waals surface area (Å²) in [7, 11) is 1.12. The fraction of sp³-hybridized carbons (Fsp3) is 0.379. The third-order valence-electron chi connectivity index (χ3n) is 5.31. The minimum atomic E-state index is -3.13. The maximum Gasteiger partial charge on any atom is 0.439 e. The fourth-order valence-electron chi connectivity index (χ4n) is 3.80. The van der Waals surface area contributed by atoms with Gasteiger partial charge in [-0.25, -0.2) is 14.4 Å². The first-order valence-corrected chi connectivity index (χ1v) is 12.6. The Balaban J connectivity index is 2.34. The second-order valence-corrected chi connectivity index (χ2v) is 10.9. The Hall–Kier alpha value is -4.48. The van der Waals surface area contributed by atoms with Gasteiger partial charge in [0.25, 0.3) is 0 Å². The quantitative estimate of drug-likeness (QED) is 0.175. The van der Waals surface area contributed by atoms with Gasteiger partial charge < -0.3 is 18.9 Å². The molecule has 1 aromatic heterocycles. The number of benzene rings is 2. The standard InChI is InChI=1S/C29H33F2N3O7/c1-28(2,3)40-26(36)34(27(37)41-29(4,5)6)33(21-12-11-20-17-32-14-13-18(20)15-21)23(24(35)38-7)19-9-8-10-22(16-19)39-25(30)31/h8-17,23,25H,1-7H3. The van der Waals surface area contributed by atoms with Crippen LogP contribution in [-0.2, 0) is 19.0 Å². The molecule has 0 radical (unpaired) electrons. The van der Waals surface area contributed by atoms with Gasteiger partial charge >= 0.3 is 24.8 Å². The van der Waals surface area contributed by atoms with E-state index in [1.165, 1.54) is 24.3 Å². The number of imide groups is 1. The summed E-state index contributed by atoms with van der Waals surface area (Å²) < 4.78 is 46.8. The van der Waals surface area contributed by atoms with E-state index in [1.807, 2.05) is 0 Å². The number of fused-ring (bicyclic) bond motifs is 1. The summed E-state index contributed by atoms with van der Waals surface area (Å²) in [6, 6.07) is 10.3. The lowest BCUT2D eigenvalue weighted by atomic mass is 10.0. The molecule has 1 unspecified atom stereocenters. The summed E-state index contributed by atoms with van der Waals surface area (Å²) >= 11 is 0. The zero-order chi connectivity index (χ0) is 30.5. The predicted molar refractivity (Wildman–Crippen MR) is 146 cm³/mol. The van der Waals surface area contributed by atoms with Gasteiger partial charge in [0.2, 0.25) is 0 Å². The molecule has 220 valence electrons. The van der Waals surface area contributed by atoms with Gasteiger partial charge in [-0.05, 0) is 82.8 Å². The van der Waals surface area contributed by atoms with Gasteiger partial charge in [-0.15, -0.1) is 5.01 Å². The van der Waals surface area contributed by atoms with E-state index in [0.717, 1.165) is 17.5 Å². The average Bonchev–Trinajstić information content (AvgIpc) is 2.85. The Morgan fingerprint density at radius 1 is 0.854 bits per heavy atom. The monoisotopic (exact) mass is 573 g/mol. The van der Waals surface area contributed by atoms with Crippen molar-refractivity contribution >= 4 is 34.6 Å². The number of pyridine rings is 1. The van der Waals surface area contributed by atoms with Crippen molar-refractivity contribution in [3.8, 4) is 5.75 Å². The van der Waals surface area contributed by atoms with Gasteiger partial charge in [0.1, 0.15) is 17.0 Å². The van der Waals surface area contributed by atoms with E-state index in [2.05, 4.69) is 9.72 Å². The van der Waals surface area contributed by atoms with E-state index < -0.39 is 42.0 Å². The van der Waals surface area contributed by atoms with Crippen LogP contribution < -0.4 is 9.75 Å². The van der Waals surface area contributed by atoms with Crippen molar-refractivity contribution in [1.29, 1.82) is 0 Å². The summed E-state index contributed by atoms with van der Waals surface area (Å²) in [6.07, 6.45) is 0.857. The number of amides is 2. The highest BCUT2D eigenvalue weighted by Gasteiger charge is 2.43. The minimum Gasteiger partial charge on any atom is -0.467 e. The molecule has 0 bridgehead atoms. The number of carbonyl (C=O) groups excluding carboxylic acids is 3. The summed E-state index contributed by atoms with van der Waals surface area (Å²) in [6.45, 7) is 6.50. The summed E-state index contributed by atoms with van der Waals surface area (Å²) in [5.74, 6) is -1.18. The molecule has 1 heterocycles. The summed E-state index contributed by atoms with van der Waals surface area (Å²) in [5, 5.41) is 3.00. The van der Waals surface area contributed by atoms with Gasteiger partial charge in [0, 0.05) is 17.8 Å². The largest absolute Gasteiger partial charge is 0.467 e. The van der Waals surface area contributed by atoms with E-state index in [9.17, 15) is 23.2 Å². The van der Waals surface area contributed by atoms with E-state index in [-0.39, 0.29) is 17.0 Å². The molecule has 0 saturated heterocycles. The molecule has 1 atom stereocenters. The lowest BCUT2D eigenvalue weighted by Crippen LogP contribution is -2.56. The number of ether oxygens (including phenoxy) is 4. The van der Waals surface area contributed by atoms with Crippen molar-refractivity contribution < 1.29 is 42.1 Å². The predicted octanol–water partition coefficient (Wildman–Crippen LogP) is 6.64. The van der Waals surface area contributed by atoms with E-state index >= 15 is 0 Å². The number of hydrogen-bond donors (Lipinski definition) is 0. The number of carbonyl (C=O) groups is 3. The van der Waals surface area contributed by atoms with E-state index in [1.54, 1.807) is 78.2 Å². The zero-order valence-corrected chi connectivity index (χ0v) is 23.9. The van der Waals surface area contributed by atoms with Gasteiger partial charge in [0.15, 0.2) is 6.04 Å². The average molecular weight is 574 g/mol. The normalized spacial score (nSPS) is 12.4. The highest BCUT2D eigenvalue weighted by molar-refractivity contribution is 5.94. The lowest BCUT2D eigenvalue weighted by Gasteiger charge is -2.40. The number of halogens is 2. The molecule has 0 spiro atoms. The summed E-state index contributed by atoms with van der Waals surface area (Å²) in [4.78, 5) is 44.9. The van der Waals surface area contributed by atoms with Gasteiger partial charge in [0.05, 0.1) is 12.8 Å². The summed E-state index contributed by atoms with van der Waals surface area (Å²) in [5.41, 5.74) is -1.86. The Morgan fingerprint density at radius 2 is 1.49 bits per heavy atom. The number of hydrazine groups is 1. The van der Waals surface area contributed by atoms with Gasteiger partial charge in [-0.3, -0.25) is 9.99 Å². The topological polar surface area (TPSA) is 108 Å². The molecular weight excluding hydrogens is 540 g/mol. The molecule has 41 heavy (non-hydrogen) atoms. The smallest absolute Gasteiger partial charge is 0.439 e. The van der Waals surface area contributed by atoms with Crippen LogP contribution in [-0.4, -0.2) is 53.1 Å². The van der Waals surface area contributed by atoms with Crippen molar-refractivity contribution in [1.82, 2.24) is 9.99 Å². The van der Waals surface area contributed by atoms with Crippen LogP contribution in [0.2, 0.25) is 0 Å². The van der Waals surface area contributed by atoms with E-state index in [4.69, 9.17) is 14.2 Å². The number of anilines is 1. The van der Waals surface area contributed by atoms with Crippen LogP contribution in [0.3, 0.4) is 0 Å². The second kappa shape index (κ2) is 12.4. The molecule has 0 aliphatic carbocycles. The van der Waals surface area contributed by atoms with Gasteiger partial charge in [-0.1, -0.05) is 18.2 Å². The zero-order valence-electron chi connectivity index (χ0n) is 23.9. The molecule has 0 aliphatic rings.